The molecule has 6 nitrogen and oxygen atoms in total. The predicted molar refractivity (Wildman–Crippen MR) is 85.5 cm³/mol. The fraction of sp³-hybridized carbons (Fsp3) is 0.562. The number of benzene rings is 1. The molecular weight excluding hydrogens is 316 g/mol. The molecule has 2 saturated carbocycles. The molecule has 0 radical (unpaired) electrons. The van der Waals surface area contributed by atoms with Crippen molar-refractivity contribution in [1.82, 2.24) is 9.62 Å². The lowest BCUT2D eigenvalue weighted by atomic mass is 9.86. The number of hydrogen-bond donors (Lipinski definition) is 2. The van der Waals surface area contributed by atoms with Gasteiger partial charge in [-0.25, -0.2) is 13.1 Å². The van der Waals surface area contributed by atoms with E-state index in [2.05, 4.69) is 4.72 Å². The highest BCUT2D eigenvalue weighted by atomic mass is 32.2. The maximum absolute atomic E-state index is 12.3. The molecule has 1 aromatic rings. The van der Waals surface area contributed by atoms with Crippen molar-refractivity contribution in [1.29, 1.82) is 0 Å². The number of nitrogens with one attached hydrogen (secondary N) is 1. The Labute approximate surface area is 136 Å². The average molecular weight is 338 g/mol. The SMILES string of the molecule is O=C(O)CN(CC1CC1)C1CC(NS(=O)(=O)c2ccccc2)C1. The third-order valence-electron chi connectivity index (χ3n) is 4.53. The zero-order valence-electron chi connectivity index (χ0n) is 12.9. The Morgan fingerprint density at radius 3 is 2.43 bits per heavy atom. The number of aliphatic carboxylic acids is 1. The van der Waals surface area contributed by atoms with E-state index in [1.165, 1.54) is 12.8 Å². The van der Waals surface area contributed by atoms with E-state index in [1.807, 2.05) is 4.90 Å². The van der Waals surface area contributed by atoms with Crippen molar-refractivity contribution in [3.63, 3.8) is 0 Å². The van der Waals surface area contributed by atoms with Crippen LogP contribution >= 0.6 is 0 Å². The van der Waals surface area contributed by atoms with Crippen molar-refractivity contribution < 1.29 is 18.3 Å². The van der Waals surface area contributed by atoms with E-state index in [4.69, 9.17) is 5.11 Å². The molecule has 0 saturated heterocycles. The molecule has 0 amide bonds. The molecule has 0 atom stereocenters. The Balaban J connectivity index is 1.54. The molecule has 2 aliphatic carbocycles. The number of carboxylic acids is 1. The summed E-state index contributed by atoms with van der Waals surface area (Å²) in [7, 11) is -3.49. The molecule has 2 fully saturated rings. The zero-order valence-corrected chi connectivity index (χ0v) is 13.7. The van der Waals surface area contributed by atoms with Crippen LogP contribution < -0.4 is 4.72 Å². The van der Waals surface area contributed by atoms with Crippen LogP contribution in [0.3, 0.4) is 0 Å². The van der Waals surface area contributed by atoms with Gasteiger partial charge in [0.1, 0.15) is 0 Å². The lowest BCUT2D eigenvalue weighted by molar-refractivity contribution is -0.139. The standard InChI is InChI=1S/C16H22N2O4S/c19-16(20)11-18(10-12-6-7-12)14-8-13(9-14)17-23(21,22)15-4-2-1-3-5-15/h1-5,12-14,17H,6-11H2,(H,19,20). The quantitative estimate of drug-likeness (QED) is 0.746. The van der Waals surface area contributed by atoms with E-state index in [1.54, 1.807) is 30.3 Å². The summed E-state index contributed by atoms with van der Waals surface area (Å²) in [4.78, 5) is 13.3. The molecule has 0 heterocycles. The fourth-order valence-corrected chi connectivity index (χ4v) is 4.30. The van der Waals surface area contributed by atoms with E-state index in [0.29, 0.717) is 18.8 Å². The molecule has 0 unspecified atom stereocenters. The number of carboxylic acid groups (broad SMARTS) is 1. The van der Waals surface area contributed by atoms with Crippen molar-refractivity contribution in [2.75, 3.05) is 13.1 Å². The molecule has 0 spiro atoms. The molecule has 0 aliphatic heterocycles. The van der Waals surface area contributed by atoms with Crippen molar-refractivity contribution in [3.8, 4) is 0 Å². The van der Waals surface area contributed by atoms with Gasteiger partial charge in [0, 0.05) is 18.6 Å². The molecule has 7 heteroatoms. The summed E-state index contributed by atoms with van der Waals surface area (Å²) in [5.41, 5.74) is 0. The summed E-state index contributed by atoms with van der Waals surface area (Å²) in [6.45, 7) is 0.856. The average Bonchev–Trinajstić information content (AvgIpc) is 3.26. The Bertz CT molecular complexity index is 652. The second-order valence-electron chi connectivity index (χ2n) is 6.52. The second kappa shape index (κ2) is 6.59. The van der Waals surface area contributed by atoms with E-state index in [-0.39, 0.29) is 23.5 Å². The zero-order chi connectivity index (χ0) is 16.4. The molecule has 1 aromatic carbocycles. The number of hydrogen-bond acceptors (Lipinski definition) is 4. The highest BCUT2D eigenvalue weighted by Gasteiger charge is 2.38. The van der Waals surface area contributed by atoms with Crippen LogP contribution in [0.5, 0.6) is 0 Å². The molecule has 2 N–H and O–H groups in total. The van der Waals surface area contributed by atoms with Gasteiger partial charge in [0.25, 0.3) is 0 Å². The first kappa shape index (κ1) is 16.4. The summed E-state index contributed by atoms with van der Waals surface area (Å²) in [5.74, 6) is -0.201. The third kappa shape index (κ3) is 4.31. The van der Waals surface area contributed by atoms with Crippen LogP contribution in [-0.2, 0) is 14.8 Å². The van der Waals surface area contributed by atoms with Crippen LogP contribution in [-0.4, -0.2) is 49.6 Å². The van der Waals surface area contributed by atoms with E-state index in [9.17, 15) is 13.2 Å². The Kier molecular flexibility index (Phi) is 4.70. The maximum atomic E-state index is 12.3. The largest absolute Gasteiger partial charge is 0.480 e. The van der Waals surface area contributed by atoms with Crippen molar-refractivity contribution in [3.05, 3.63) is 30.3 Å². The van der Waals surface area contributed by atoms with Gasteiger partial charge >= 0.3 is 5.97 Å². The van der Waals surface area contributed by atoms with E-state index >= 15 is 0 Å². The summed E-state index contributed by atoms with van der Waals surface area (Å²) >= 11 is 0. The van der Waals surface area contributed by atoms with Gasteiger partial charge in [0.2, 0.25) is 10.0 Å². The van der Waals surface area contributed by atoms with Gasteiger partial charge in [-0.05, 0) is 43.7 Å². The van der Waals surface area contributed by atoms with Crippen molar-refractivity contribution >= 4 is 16.0 Å². The monoisotopic (exact) mass is 338 g/mol. The topological polar surface area (TPSA) is 86.7 Å². The smallest absolute Gasteiger partial charge is 0.317 e. The second-order valence-corrected chi connectivity index (χ2v) is 8.24. The number of carbonyl (C=O) groups is 1. The minimum atomic E-state index is -3.49. The summed E-state index contributed by atoms with van der Waals surface area (Å²) in [5, 5.41) is 9.03. The fourth-order valence-electron chi connectivity index (χ4n) is 3.02. The number of sulfonamides is 1. The van der Waals surface area contributed by atoms with Crippen LogP contribution in [0.2, 0.25) is 0 Å². The normalized spacial score (nSPS) is 24.4. The van der Waals surface area contributed by atoms with Crippen LogP contribution in [0.1, 0.15) is 25.7 Å². The Hall–Kier alpha value is -1.44. The number of rotatable bonds is 8. The van der Waals surface area contributed by atoms with Crippen molar-refractivity contribution in [2.24, 2.45) is 5.92 Å². The third-order valence-corrected chi connectivity index (χ3v) is 6.07. The molecule has 2 aliphatic rings. The molecule has 23 heavy (non-hydrogen) atoms. The minimum absolute atomic E-state index is 0.0410. The molecule has 3 rings (SSSR count). The van der Waals surface area contributed by atoms with Crippen molar-refractivity contribution in [2.45, 2.75) is 42.7 Å². The van der Waals surface area contributed by atoms with Gasteiger partial charge in [0.15, 0.2) is 0 Å². The van der Waals surface area contributed by atoms with Gasteiger partial charge < -0.3 is 5.11 Å². The number of nitrogens with zero attached hydrogens (tertiary/aromatic N) is 1. The predicted octanol–water partition coefficient (Wildman–Crippen LogP) is 1.29. The maximum Gasteiger partial charge on any atom is 0.317 e. The van der Waals surface area contributed by atoms with E-state index < -0.39 is 16.0 Å². The lowest BCUT2D eigenvalue weighted by Gasteiger charge is -2.42. The first-order chi connectivity index (χ1) is 10.9. The first-order valence-electron chi connectivity index (χ1n) is 7.97. The van der Waals surface area contributed by atoms with Gasteiger partial charge in [-0.3, -0.25) is 9.69 Å². The highest BCUT2D eigenvalue weighted by molar-refractivity contribution is 7.89. The molecular formula is C16H22N2O4S. The molecule has 0 bridgehead atoms. The van der Waals surface area contributed by atoms with Gasteiger partial charge in [0.05, 0.1) is 11.4 Å². The Morgan fingerprint density at radius 2 is 1.87 bits per heavy atom. The van der Waals surface area contributed by atoms with E-state index in [0.717, 1.165) is 6.54 Å². The molecule has 126 valence electrons. The van der Waals surface area contributed by atoms with Gasteiger partial charge in [-0.1, -0.05) is 18.2 Å². The van der Waals surface area contributed by atoms with Crippen LogP contribution in [0.15, 0.2) is 35.2 Å². The summed E-state index contributed by atoms with van der Waals surface area (Å²) in [6, 6.07) is 8.37. The minimum Gasteiger partial charge on any atom is -0.480 e. The lowest BCUT2D eigenvalue weighted by Crippen LogP contribution is -2.55. The van der Waals surface area contributed by atoms with Gasteiger partial charge in [-0.15, -0.1) is 0 Å². The Morgan fingerprint density at radius 1 is 1.22 bits per heavy atom. The summed E-state index contributed by atoms with van der Waals surface area (Å²) < 4.78 is 27.2. The van der Waals surface area contributed by atoms with Crippen LogP contribution in [0, 0.1) is 5.92 Å². The molecule has 0 aromatic heterocycles. The van der Waals surface area contributed by atoms with Crippen LogP contribution in [0.25, 0.3) is 0 Å². The highest BCUT2D eigenvalue weighted by Crippen LogP contribution is 2.34. The van der Waals surface area contributed by atoms with Crippen LogP contribution in [0.4, 0.5) is 0 Å². The first-order valence-corrected chi connectivity index (χ1v) is 9.45. The summed E-state index contributed by atoms with van der Waals surface area (Å²) in [6.07, 6.45) is 3.69. The van der Waals surface area contributed by atoms with Gasteiger partial charge in [-0.2, -0.15) is 0 Å².